The van der Waals surface area contributed by atoms with Crippen molar-refractivity contribution in [3.05, 3.63) is 23.8 Å². The quantitative estimate of drug-likeness (QED) is 0.904. The Kier molecular flexibility index (Phi) is 4.36. The van der Waals surface area contributed by atoms with Crippen LogP contribution in [0.15, 0.2) is 18.2 Å². The molecule has 116 valence electrons. The summed E-state index contributed by atoms with van der Waals surface area (Å²) in [4.78, 5) is 2.66. The van der Waals surface area contributed by atoms with E-state index in [-0.39, 0.29) is 0 Å². The third-order valence-electron chi connectivity index (χ3n) is 4.96. The van der Waals surface area contributed by atoms with Crippen LogP contribution in [0.1, 0.15) is 44.7 Å². The van der Waals surface area contributed by atoms with Crippen LogP contribution in [0.4, 0.5) is 0 Å². The van der Waals surface area contributed by atoms with Crippen molar-refractivity contribution in [2.75, 3.05) is 20.4 Å². The fraction of sp³-hybridized carbons (Fsp3) is 0.647. The summed E-state index contributed by atoms with van der Waals surface area (Å²) in [6, 6.07) is 8.02. The van der Waals surface area contributed by atoms with Gasteiger partial charge in [-0.15, -0.1) is 0 Å². The second-order valence-corrected chi connectivity index (χ2v) is 6.14. The maximum atomic E-state index is 5.50. The van der Waals surface area contributed by atoms with Crippen molar-refractivity contribution in [2.24, 2.45) is 0 Å². The van der Waals surface area contributed by atoms with Gasteiger partial charge < -0.3 is 14.8 Å². The third-order valence-corrected chi connectivity index (χ3v) is 4.96. The molecule has 21 heavy (non-hydrogen) atoms. The number of ether oxygens (including phenoxy) is 2. The molecule has 2 aliphatic rings. The van der Waals surface area contributed by atoms with Crippen LogP contribution < -0.4 is 14.8 Å². The van der Waals surface area contributed by atoms with E-state index >= 15 is 0 Å². The zero-order valence-electron chi connectivity index (χ0n) is 13.3. The second-order valence-electron chi connectivity index (χ2n) is 6.14. The maximum absolute atomic E-state index is 5.50. The lowest BCUT2D eigenvalue weighted by atomic mass is 10.0. The molecule has 2 heterocycles. The maximum Gasteiger partial charge on any atom is 0.231 e. The number of hydrogen-bond acceptors (Lipinski definition) is 4. The number of benzene rings is 1. The van der Waals surface area contributed by atoms with Crippen LogP contribution in [-0.2, 0) is 0 Å². The van der Waals surface area contributed by atoms with Crippen LogP contribution in [-0.4, -0.2) is 37.4 Å². The minimum atomic E-state index is 0.328. The Hall–Kier alpha value is -1.26. The van der Waals surface area contributed by atoms with E-state index in [1.807, 2.05) is 13.1 Å². The summed E-state index contributed by atoms with van der Waals surface area (Å²) >= 11 is 0. The molecule has 3 rings (SSSR count). The number of rotatable bonds is 5. The van der Waals surface area contributed by atoms with Crippen LogP contribution in [0.5, 0.6) is 11.5 Å². The van der Waals surface area contributed by atoms with Crippen LogP contribution in [0.25, 0.3) is 0 Å². The highest BCUT2D eigenvalue weighted by Gasteiger charge is 2.31. The largest absolute Gasteiger partial charge is 0.454 e. The van der Waals surface area contributed by atoms with Crippen LogP contribution in [0, 0.1) is 0 Å². The highest BCUT2D eigenvalue weighted by atomic mass is 16.7. The minimum absolute atomic E-state index is 0.328. The number of fused-ring (bicyclic) bond motifs is 1. The standard InChI is InChI=1S/C17H26N2O2/c1-4-14-7-5-12(2)19(14)10-15(18-3)13-6-8-16-17(9-13)21-11-20-16/h6,8-9,12,14-15,18H,4-5,7,10-11H2,1-3H3. The van der Waals surface area contributed by atoms with E-state index in [0.717, 1.165) is 24.1 Å². The van der Waals surface area contributed by atoms with Gasteiger partial charge in [0.1, 0.15) is 0 Å². The first kappa shape index (κ1) is 14.7. The zero-order valence-corrected chi connectivity index (χ0v) is 13.3. The topological polar surface area (TPSA) is 33.7 Å². The fourth-order valence-corrected chi connectivity index (χ4v) is 3.60. The molecule has 1 fully saturated rings. The lowest BCUT2D eigenvalue weighted by molar-refractivity contribution is 0.173. The Bertz CT molecular complexity index is 492. The van der Waals surface area contributed by atoms with E-state index in [9.17, 15) is 0 Å². The molecule has 4 nitrogen and oxygen atoms in total. The summed E-state index contributed by atoms with van der Waals surface area (Å²) in [5.74, 6) is 1.73. The third kappa shape index (κ3) is 2.87. The number of hydrogen-bond donors (Lipinski definition) is 1. The fourth-order valence-electron chi connectivity index (χ4n) is 3.60. The molecule has 1 aromatic rings. The predicted octanol–water partition coefficient (Wildman–Crippen LogP) is 2.94. The average Bonchev–Trinajstić information content (AvgIpc) is 3.10. The van der Waals surface area contributed by atoms with Crippen molar-refractivity contribution < 1.29 is 9.47 Å². The van der Waals surface area contributed by atoms with Gasteiger partial charge in [0.05, 0.1) is 0 Å². The van der Waals surface area contributed by atoms with Gasteiger partial charge >= 0.3 is 0 Å². The zero-order chi connectivity index (χ0) is 14.8. The predicted molar refractivity (Wildman–Crippen MR) is 83.8 cm³/mol. The molecule has 3 unspecified atom stereocenters. The first-order chi connectivity index (χ1) is 10.2. The Morgan fingerprint density at radius 2 is 2.10 bits per heavy atom. The van der Waals surface area contributed by atoms with Crippen molar-refractivity contribution in [2.45, 2.75) is 51.2 Å². The van der Waals surface area contributed by atoms with Crippen molar-refractivity contribution in [3.8, 4) is 11.5 Å². The van der Waals surface area contributed by atoms with Gasteiger partial charge in [0, 0.05) is 24.7 Å². The Balaban J connectivity index is 1.75. The Morgan fingerprint density at radius 3 is 2.86 bits per heavy atom. The minimum Gasteiger partial charge on any atom is -0.454 e. The summed E-state index contributed by atoms with van der Waals surface area (Å²) in [7, 11) is 2.04. The summed E-state index contributed by atoms with van der Waals surface area (Å²) in [6.07, 6.45) is 3.88. The van der Waals surface area contributed by atoms with Gasteiger partial charge in [-0.05, 0) is 50.9 Å². The van der Waals surface area contributed by atoms with Gasteiger partial charge in [0.25, 0.3) is 0 Å². The molecule has 0 amide bonds. The molecule has 2 aliphatic heterocycles. The van der Waals surface area contributed by atoms with E-state index < -0.39 is 0 Å². The lowest BCUT2D eigenvalue weighted by Gasteiger charge is -2.32. The molecule has 1 saturated heterocycles. The molecule has 0 aliphatic carbocycles. The molecule has 0 radical (unpaired) electrons. The van der Waals surface area contributed by atoms with Crippen molar-refractivity contribution in [1.82, 2.24) is 10.2 Å². The first-order valence-corrected chi connectivity index (χ1v) is 8.05. The second kappa shape index (κ2) is 6.24. The Labute approximate surface area is 127 Å². The molecule has 0 saturated carbocycles. The summed E-state index contributed by atoms with van der Waals surface area (Å²) < 4.78 is 10.9. The molecule has 4 heteroatoms. The smallest absolute Gasteiger partial charge is 0.231 e. The van der Waals surface area contributed by atoms with Gasteiger partial charge in [-0.25, -0.2) is 0 Å². The van der Waals surface area contributed by atoms with Crippen LogP contribution >= 0.6 is 0 Å². The van der Waals surface area contributed by atoms with Crippen LogP contribution in [0.3, 0.4) is 0 Å². The highest BCUT2D eigenvalue weighted by molar-refractivity contribution is 5.45. The number of likely N-dealkylation sites (N-methyl/N-ethyl adjacent to an activating group) is 1. The SMILES string of the molecule is CCC1CCC(C)N1CC(NC)c1ccc2c(c1)OCO2. The number of nitrogens with zero attached hydrogens (tertiary/aromatic N) is 1. The van der Waals surface area contributed by atoms with E-state index in [2.05, 4.69) is 36.2 Å². The highest BCUT2D eigenvalue weighted by Crippen LogP contribution is 2.35. The molecule has 0 spiro atoms. The van der Waals surface area contributed by atoms with Gasteiger partial charge in [-0.3, -0.25) is 4.90 Å². The Morgan fingerprint density at radius 1 is 1.29 bits per heavy atom. The molecular weight excluding hydrogens is 264 g/mol. The summed E-state index contributed by atoms with van der Waals surface area (Å²) in [5.41, 5.74) is 1.27. The van der Waals surface area contributed by atoms with Crippen molar-refractivity contribution in [3.63, 3.8) is 0 Å². The average molecular weight is 290 g/mol. The summed E-state index contributed by atoms with van der Waals surface area (Å²) in [6.45, 7) is 6.03. The van der Waals surface area contributed by atoms with Crippen molar-refractivity contribution >= 4 is 0 Å². The molecular formula is C17H26N2O2. The van der Waals surface area contributed by atoms with E-state index in [0.29, 0.717) is 18.9 Å². The molecule has 1 aromatic carbocycles. The number of likely N-dealkylation sites (tertiary alicyclic amines) is 1. The van der Waals surface area contributed by atoms with Gasteiger partial charge in [-0.2, -0.15) is 0 Å². The van der Waals surface area contributed by atoms with E-state index in [1.165, 1.54) is 24.8 Å². The van der Waals surface area contributed by atoms with Gasteiger partial charge in [0.2, 0.25) is 6.79 Å². The van der Waals surface area contributed by atoms with Crippen LogP contribution in [0.2, 0.25) is 0 Å². The van der Waals surface area contributed by atoms with Crippen molar-refractivity contribution in [1.29, 1.82) is 0 Å². The molecule has 3 atom stereocenters. The molecule has 0 aromatic heterocycles. The summed E-state index contributed by atoms with van der Waals surface area (Å²) in [5, 5.41) is 3.46. The van der Waals surface area contributed by atoms with E-state index in [1.54, 1.807) is 0 Å². The first-order valence-electron chi connectivity index (χ1n) is 8.05. The normalized spacial score (nSPS) is 26.2. The monoisotopic (exact) mass is 290 g/mol. The van der Waals surface area contributed by atoms with Gasteiger partial charge in [0.15, 0.2) is 11.5 Å². The van der Waals surface area contributed by atoms with E-state index in [4.69, 9.17) is 9.47 Å². The number of nitrogens with one attached hydrogen (secondary N) is 1. The van der Waals surface area contributed by atoms with Gasteiger partial charge in [-0.1, -0.05) is 13.0 Å². The molecule has 1 N–H and O–H groups in total. The lowest BCUT2D eigenvalue weighted by Crippen LogP contribution is -2.40. The molecule has 0 bridgehead atoms.